The first kappa shape index (κ1) is 13.1. The van der Waals surface area contributed by atoms with E-state index in [0.717, 1.165) is 31.7 Å². The Balaban J connectivity index is 1.93. The number of rotatable bonds is 3. The van der Waals surface area contributed by atoms with Gasteiger partial charge in [0.2, 0.25) is 0 Å². The van der Waals surface area contributed by atoms with Gasteiger partial charge in [-0.15, -0.1) is 0 Å². The third kappa shape index (κ3) is 3.55. The third-order valence-corrected chi connectivity index (χ3v) is 3.86. The van der Waals surface area contributed by atoms with Crippen molar-refractivity contribution in [3.8, 4) is 0 Å². The summed E-state index contributed by atoms with van der Waals surface area (Å²) in [4.78, 5) is 6.45. The molecule has 1 aliphatic rings. The first-order valence-corrected chi connectivity index (χ1v) is 6.68. The highest BCUT2D eigenvalue weighted by molar-refractivity contribution is 6.32. The molecule has 0 bridgehead atoms. The number of piperidine rings is 1. The number of pyridine rings is 1. The molecular formula is C12H17Cl2N3. The van der Waals surface area contributed by atoms with E-state index in [1.165, 1.54) is 12.8 Å². The number of nitrogens with zero attached hydrogens (tertiary/aromatic N) is 2. The van der Waals surface area contributed by atoms with Crippen LogP contribution in [-0.4, -0.2) is 29.5 Å². The van der Waals surface area contributed by atoms with Crippen molar-refractivity contribution in [1.82, 2.24) is 9.88 Å². The standard InChI is InChI=1S/C12H17Cl2N3/c13-11-2-1-10(12(14)16-11)8-17-5-3-9(7-15)4-6-17/h1-2,9H,3-8,15H2. The van der Waals surface area contributed by atoms with Gasteiger partial charge in [-0.1, -0.05) is 29.3 Å². The van der Waals surface area contributed by atoms with Crippen LogP contribution in [0.1, 0.15) is 18.4 Å². The zero-order valence-electron chi connectivity index (χ0n) is 9.70. The van der Waals surface area contributed by atoms with Gasteiger partial charge in [-0.05, 0) is 44.5 Å². The Labute approximate surface area is 112 Å². The van der Waals surface area contributed by atoms with Gasteiger partial charge in [-0.25, -0.2) is 4.98 Å². The summed E-state index contributed by atoms with van der Waals surface area (Å²) in [6, 6.07) is 3.74. The van der Waals surface area contributed by atoms with Gasteiger partial charge < -0.3 is 5.73 Å². The molecule has 2 N–H and O–H groups in total. The summed E-state index contributed by atoms with van der Waals surface area (Å²) in [6.45, 7) is 3.82. The third-order valence-electron chi connectivity index (χ3n) is 3.33. The van der Waals surface area contributed by atoms with Crippen molar-refractivity contribution in [3.05, 3.63) is 28.0 Å². The molecule has 5 heteroatoms. The van der Waals surface area contributed by atoms with E-state index in [9.17, 15) is 0 Å². The molecule has 0 spiro atoms. The molecule has 0 radical (unpaired) electrons. The first-order chi connectivity index (χ1) is 8.19. The molecular weight excluding hydrogens is 257 g/mol. The van der Waals surface area contributed by atoms with Crippen molar-refractivity contribution in [2.24, 2.45) is 11.7 Å². The predicted molar refractivity (Wildman–Crippen MR) is 71.3 cm³/mol. The highest BCUT2D eigenvalue weighted by Gasteiger charge is 2.18. The second-order valence-electron chi connectivity index (χ2n) is 4.54. The molecule has 3 nitrogen and oxygen atoms in total. The van der Waals surface area contributed by atoms with E-state index in [4.69, 9.17) is 28.9 Å². The van der Waals surface area contributed by atoms with Crippen molar-refractivity contribution in [2.45, 2.75) is 19.4 Å². The van der Waals surface area contributed by atoms with Gasteiger partial charge in [-0.3, -0.25) is 4.90 Å². The summed E-state index contributed by atoms with van der Waals surface area (Å²) in [5.41, 5.74) is 6.72. The SMILES string of the molecule is NCC1CCN(Cc2ccc(Cl)nc2Cl)CC1. The fourth-order valence-corrected chi connectivity index (χ4v) is 2.58. The summed E-state index contributed by atoms with van der Waals surface area (Å²) < 4.78 is 0. The van der Waals surface area contributed by atoms with E-state index in [2.05, 4.69) is 9.88 Å². The molecule has 1 aromatic rings. The molecule has 0 saturated carbocycles. The van der Waals surface area contributed by atoms with Crippen molar-refractivity contribution < 1.29 is 0 Å². The quantitative estimate of drug-likeness (QED) is 0.861. The number of hydrogen-bond donors (Lipinski definition) is 1. The number of aromatic nitrogens is 1. The van der Waals surface area contributed by atoms with Crippen LogP contribution < -0.4 is 5.73 Å². The Kier molecular flexibility index (Phi) is 4.62. The molecule has 1 fully saturated rings. The lowest BCUT2D eigenvalue weighted by molar-refractivity contribution is 0.180. The molecule has 1 aromatic heterocycles. The molecule has 1 saturated heterocycles. The van der Waals surface area contributed by atoms with Crippen LogP contribution in [0.4, 0.5) is 0 Å². The fourth-order valence-electron chi connectivity index (χ4n) is 2.18. The molecule has 0 unspecified atom stereocenters. The number of hydrogen-bond acceptors (Lipinski definition) is 3. The zero-order valence-corrected chi connectivity index (χ0v) is 11.2. The molecule has 0 atom stereocenters. The van der Waals surface area contributed by atoms with Gasteiger partial charge in [0, 0.05) is 12.1 Å². The lowest BCUT2D eigenvalue weighted by Crippen LogP contribution is -2.35. The average molecular weight is 274 g/mol. The largest absolute Gasteiger partial charge is 0.330 e. The number of likely N-dealkylation sites (tertiary alicyclic amines) is 1. The first-order valence-electron chi connectivity index (χ1n) is 5.92. The Bertz CT molecular complexity index is 376. The Morgan fingerprint density at radius 2 is 2.00 bits per heavy atom. The van der Waals surface area contributed by atoms with E-state index in [1.807, 2.05) is 6.07 Å². The highest BCUT2D eigenvalue weighted by atomic mass is 35.5. The van der Waals surface area contributed by atoms with Crippen molar-refractivity contribution in [3.63, 3.8) is 0 Å². The van der Waals surface area contributed by atoms with Crippen LogP contribution in [0.3, 0.4) is 0 Å². The normalized spacial score (nSPS) is 18.5. The monoisotopic (exact) mass is 273 g/mol. The zero-order chi connectivity index (χ0) is 12.3. The molecule has 0 aromatic carbocycles. The van der Waals surface area contributed by atoms with Gasteiger partial charge >= 0.3 is 0 Å². The minimum Gasteiger partial charge on any atom is -0.330 e. The molecule has 2 heterocycles. The Morgan fingerprint density at radius 1 is 1.29 bits per heavy atom. The van der Waals surface area contributed by atoms with Crippen LogP contribution in [0.15, 0.2) is 12.1 Å². The van der Waals surface area contributed by atoms with Gasteiger partial charge in [0.1, 0.15) is 10.3 Å². The van der Waals surface area contributed by atoms with E-state index < -0.39 is 0 Å². The Hall–Kier alpha value is -0.350. The summed E-state index contributed by atoms with van der Waals surface area (Å²) in [7, 11) is 0. The molecule has 0 amide bonds. The predicted octanol–water partition coefficient (Wildman–Crippen LogP) is 2.56. The highest BCUT2D eigenvalue weighted by Crippen LogP contribution is 2.22. The van der Waals surface area contributed by atoms with Gasteiger partial charge in [0.25, 0.3) is 0 Å². The minimum atomic E-state index is 0.445. The van der Waals surface area contributed by atoms with Crippen molar-refractivity contribution in [1.29, 1.82) is 0 Å². The lowest BCUT2D eigenvalue weighted by atomic mass is 9.97. The summed E-state index contributed by atoms with van der Waals surface area (Å²) in [6.07, 6.45) is 2.35. The van der Waals surface area contributed by atoms with Crippen LogP contribution >= 0.6 is 23.2 Å². The molecule has 17 heavy (non-hydrogen) atoms. The minimum absolute atomic E-state index is 0.445. The van der Waals surface area contributed by atoms with E-state index in [-0.39, 0.29) is 0 Å². The van der Waals surface area contributed by atoms with Crippen molar-refractivity contribution in [2.75, 3.05) is 19.6 Å². The maximum atomic E-state index is 6.06. The van der Waals surface area contributed by atoms with Crippen LogP contribution in [0.2, 0.25) is 10.3 Å². The lowest BCUT2D eigenvalue weighted by Gasteiger charge is -2.31. The van der Waals surface area contributed by atoms with Gasteiger partial charge in [0.15, 0.2) is 0 Å². The molecule has 0 aliphatic carbocycles. The fraction of sp³-hybridized carbons (Fsp3) is 0.583. The van der Waals surface area contributed by atoms with E-state index >= 15 is 0 Å². The van der Waals surface area contributed by atoms with Gasteiger partial charge in [0.05, 0.1) is 0 Å². The number of halogens is 2. The topological polar surface area (TPSA) is 42.1 Å². The smallest absolute Gasteiger partial charge is 0.135 e. The maximum Gasteiger partial charge on any atom is 0.135 e. The average Bonchev–Trinajstić information content (AvgIpc) is 2.34. The summed E-state index contributed by atoms with van der Waals surface area (Å²) in [5, 5.41) is 0.957. The second-order valence-corrected chi connectivity index (χ2v) is 5.28. The summed E-state index contributed by atoms with van der Waals surface area (Å²) >= 11 is 11.8. The summed E-state index contributed by atoms with van der Waals surface area (Å²) in [5.74, 6) is 0.685. The molecule has 2 rings (SSSR count). The Morgan fingerprint density at radius 3 is 2.59 bits per heavy atom. The van der Waals surface area contributed by atoms with E-state index in [0.29, 0.717) is 16.2 Å². The van der Waals surface area contributed by atoms with Crippen LogP contribution in [0.5, 0.6) is 0 Å². The maximum absolute atomic E-state index is 6.06. The van der Waals surface area contributed by atoms with Crippen LogP contribution in [-0.2, 0) is 6.54 Å². The molecule has 94 valence electrons. The van der Waals surface area contributed by atoms with E-state index in [1.54, 1.807) is 6.07 Å². The number of nitrogens with two attached hydrogens (primary N) is 1. The van der Waals surface area contributed by atoms with Gasteiger partial charge in [-0.2, -0.15) is 0 Å². The van der Waals surface area contributed by atoms with Crippen LogP contribution in [0.25, 0.3) is 0 Å². The van der Waals surface area contributed by atoms with Crippen LogP contribution in [0, 0.1) is 5.92 Å². The molecule has 1 aliphatic heterocycles. The van der Waals surface area contributed by atoms with Crippen molar-refractivity contribution >= 4 is 23.2 Å². The second kappa shape index (κ2) is 6.01.